The van der Waals surface area contributed by atoms with Crippen LogP contribution in [0, 0.1) is 0 Å². The lowest BCUT2D eigenvalue weighted by Gasteiger charge is -1.79. The van der Waals surface area contributed by atoms with Crippen LogP contribution in [0.1, 0.15) is 12.8 Å². The van der Waals surface area contributed by atoms with Gasteiger partial charge in [0.05, 0.1) is 0 Å². The van der Waals surface area contributed by atoms with E-state index in [9.17, 15) is 0 Å². The second-order valence-electron chi connectivity index (χ2n) is 1.96. The zero-order valence-electron chi connectivity index (χ0n) is 4.93. The summed E-state index contributed by atoms with van der Waals surface area (Å²) < 4.78 is 0. The molecule has 0 unspecified atom stereocenters. The Balaban J connectivity index is 2.64. The van der Waals surface area contributed by atoms with Crippen molar-refractivity contribution in [1.29, 1.82) is 0 Å². The second kappa shape index (κ2) is 2.51. The zero-order chi connectivity index (χ0) is 5.82. The van der Waals surface area contributed by atoms with Crippen LogP contribution in [0.3, 0.4) is 0 Å². The van der Waals surface area contributed by atoms with E-state index in [1.807, 2.05) is 0 Å². The van der Waals surface area contributed by atoms with Crippen molar-refractivity contribution in [2.75, 3.05) is 0 Å². The van der Waals surface area contributed by atoms with Gasteiger partial charge in [0.1, 0.15) is 0 Å². The van der Waals surface area contributed by atoms with Gasteiger partial charge in [0.15, 0.2) is 0 Å². The molecule has 0 aromatic carbocycles. The van der Waals surface area contributed by atoms with Gasteiger partial charge >= 0.3 is 0 Å². The van der Waals surface area contributed by atoms with E-state index < -0.39 is 0 Å². The summed E-state index contributed by atoms with van der Waals surface area (Å²) in [6.07, 6.45) is 10.8. The van der Waals surface area contributed by atoms with Crippen LogP contribution in [-0.4, -0.2) is 0 Å². The average molecular weight is 106 g/mol. The molecule has 0 heterocycles. The van der Waals surface area contributed by atoms with E-state index in [0.29, 0.717) is 0 Å². The number of hydrogen-bond acceptors (Lipinski definition) is 0. The van der Waals surface area contributed by atoms with E-state index in [2.05, 4.69) is 30.9 Å². The van der Waals surface area contributed by atoms with Gasteiger partial charge in [0.25, 0.3) is 0 Å². The molecule has 0 amide bonds. The Bertz CT molecular complexity index is 122. The van der Waals surface area contributed by atoms with Gasteiger partial charge in [-0.25, -0.2) is 0 Å². The van der Waals surface area contributed by atoms with Crippen molar-refractivity contribution in [2.45, 2.75) is 12.8 Å². The summed E-state index contributed by atoms with van der Waals surface area (Å²) >= 11 is 0. The maximum atomic E-state index is 3.80. The lowest BCUT2D eigenvalue weighted by atomic mass is 10.3. The molecule has 0 aliphatic heterocycles. The molecule has 0 nitrogen and oxygen atoms in total. The topological polar surface area (TPSA) is 0 Å². The first-order valence-electron chi connectivity index (χ1n) is 2.91. The third-order valence-electron chi connectivity index (χ3n) is 1.16. The smallest absolute Gasteiger partial charge is 0.0313 e. The van der Waals surface area contributed by atoms with Crippen LogP contribution in [0.4, 0.5) is 0 Å². The quantitative estimate of drug-likeness (QED) is 0.445. The highest BCUT2D eigenvalue weighted by Gasteiger charge is 1.84. The lowest BCUT2D eigenvalue weighted by molar-refractivity contribution is 1.06. The molecule has 0 spiro atoms. The lowest BCUT2D eigenvalue weighted by Crippen LogP contribution is -1.58. The van der Waals surface area contributed by atoms with Crippen molar-refractivity contribution in [3.8, 4) is 0 Å². The summed E-state index contributed by atoms with van der Waals surface area (Å²) in [6, 6.07) is 0. The molecule has 0 saturated carbocycles. The molecule has 0 aromatic heterocycles. The first-order valence-corrected chi connectivity index (χ1v) is 2.91. The van der Waals surface area contributed by atoms with Gasteiger partial charge in [-0.15, -0.1) is 0 Å². The van der Waals surface area contributed by atoms with Gasteiger partial charge in [-0.05, 0) is 18.4 Å². The highest BCUT2D eigenvalue weighted by molar-refractivity contribution is 5.28. The fourth-order valence-corrected chi connectivity index (χ4v) is 0.717. The van der Waals surface area contributed by atoms with Crippen LogP contribution in [0.2, 0.25) is 0 Å². The van der Waals surface area contributed by atoms with Gasteiger partial charge in [-0.3, -0.25) is 0 Å². The van der Waals surface area contributed by atoms with Crippen molar-refractivity contribution < 1.29 is 0 Å². The summed E-state index contributed by atoms with van der Waals surface area (Å²) in [5, 5.41) is 0. The van der Waals surface area contributed by atoms with Gasteiger partial charge in [0.2, 0.25) is 0 Å². The summed E-state index contributed by atoms with van der Waals surface area (Å²) in [4.78, 5) is 0. The molecule has 0 aromatic rings. The van der Waals surface area contributed by atoms with Crippen LogP contribution in [0.15, 0.2) is 36.5 Å². The predicted molar refractivity (Wildman–Crippen MR) is 36.7 cm³/mol. The van der Waals surface area contributed by atoms with E-state index in [0.717, 1.165) is 18.4 Å². The fourth-order valence-electron chi connectivity index (χ4n) is 0.717. The van der Waals surface area contributed by atoms with Crippen molar-refractivity contribution >= 4 is 0 Å². The molecule has 1 aliphatic rings. The Morgan fingerprint density at radius 3 is 2.12 bits per heavy atom. The first-order chi connectivity index (χ1) is 3.89. The third-order valence-corrected chi connectivity index (χ3v) is 1.16. The van der Waals surface area contributed by atoms with E-state index in [-0.39, 0.29) is 0 Å². The molecule has 0 saturated heterocycles. The van der Waals surface area contributed by atoms with Crippen LogP contribution in [-0.2, 0) is 0 Å². The Labute approximate surface area is 50.2 Å². The van der Waals surface area contributed by atoms with E-state index in [1.165, 1.54) is 0 Å². The number of hydrogen-bond donors (Lipinski definition) is 0. The maximum Gasteiger partial charge on any atom is -0.0313 e. The molecule has 0 N–H and O–H groups in total. The minimum Gasteiger partial charge on any atom is -0.0918 e. The summed E-state index contributed by atoms with van der Waals surface area (Å²) in [6.45, 7) is 3.80. The normalized spacial score (nSPS) is 18.8. The second-order valence-corrected chi connectivity index (χ2v) is 1.96. The molecule has 42 valence electrons. The largest absolute Gasteiger partial charge is 0.0918 e. The molecular weight excluding hydrogens is 96.1 g/mol. The summed E-state index contributed by atoms with van der Waals surface area (Å²) in [5.74, 6) is 0. The predicted octanol–water partition coefficient (Wildman–Crippen LogP) is 2.45. The van der Waals surface area contributed by atoms with Crippen molar-refractivity contribution in [1.82, 2.24) is 0 Å². The van der Waals surface area contributed by atoms with E-state index >= 15 is 0 Å². The Kier molecular flexibility index (Phi) is 1.68. The SMILES string of the molecule is C=C1C=CCCC=C1. The highest BCUT2D eigenvalue weighted by Crippen LogP contribution is 2.04. The Morgan fingerprint density at radius 2 is 1.62 bits per heavy atom. The Hall–Kier alpha value is -0.780. The molecule has 0 fully saturated rings. The van der Waals surface area contributed by atoms with Crippen molar-refractivity contribution in [2.24, 2.45) is 0 Å². The molecule has 1 aliphatic carbocycles. The minimum atomic E-state index is 1.11. The van der Waals surface area contributed by atoms with E-state index in [4.69, 9.17) is 0 Å². The van der Waals surface area contributed by atoms with Gasteiger partial charge in [-0.1, -0.05) is 30.9 Å². The van der Waals surface area contributed by atoms with Crippen LogP contribution >= 0.6 is 0 Å². The summed E-state index contributed by atoms with van der Waals surface area (Å²) in [5.41, 5.74) is 1.11. The monoisotopic (exact) mass is 106 g/mol. The summed E-state index contributed by atoms with van der Waals surface area (Å²) in [7, 11) is 0. The number of rotatable bonds is 0. The standard InChI is InChI=1S/C8H10/c1-8-6-4-2-3-5-7-8/h4-7H,1-3H2. The molecule has 0 atom stereocenters. The number of allylic oxidation sites excluding steroid dienone is 5. The third kappa shape index (κ3) is 1.38. The molecule has 1 rings (SSSR count). The average Bonchev–Trinajstić information content (AvgIpc) is 1.94. The van der Waals surface area contributed by atoms with Crippen molar-refractivity contribution in [3.63, 3.8) is 0 Å². The van der Waals surface area contributed by atoms with Crippen LogP contribution in [0.25, 0.3) is 0 Å². The molecule has 0 heteroatoms. The maximum absolute atomic E-state index is 3.80. The van der Waals surface area contributed by atoms with Crippen LogP contribution in [0.5, 0.6) is 0 Å². The van der Waals surface area contributed by atoms with Crippen LogP contribution < -0.4 is 0 Å². The molecule has 8 heavy (non-hydrogen) atoms. The van der Waals surface area contributed by atoms with E-state index in [1.54, 1.807) is 0 Å². The van der Waals surface area contributed by atoms with Gasteiger partial charge < -0.3 is 0 Å². The highest BCUT2D eigenvalue weighted by atomic mass is 13.9. The zero-order valence-corrected chi connectivity index (χ0v) is 4.93. The minimum absolute atomic E-state index is 1.11. The molecular formula is C8H10. The van der Waals surface area contributed by atoms with Gasteiger partial charge in [-0.2, -0.15) is 0 Å². The fraction of sp³-hybridized carbons (Fsp3) is 0.250. The Morgan fingerprint density at radius 1 is 1.12 bits per heavy atom. The first kappa shape index (κ1) is 5.36. The molecule has 0 bridgehead atoms. The van der Waals surface area contributed by atoms with Crippen molar-refractivity contribution in [3.05, 3.63) is 36.5 Å². The van der Waals surface area contributed by atoms with Gasteiger partial charge in [0, 0.05) is 0 Å². The molecule has 0 radical (unpaired) electrons.